The molecule has 3 heterocycles. The summed E-state index contributed by atoms with van der Waals surface area (Å²) in [6.07, 6.45) is 0.745. The number of benzene rings is 3. The van der Waals surface area contributed by atoms with Gasteiger partial charge in [-0.3, -0.25) is 24.1 Å². The molecule has 3 fully saturated rings. The van der Waals surface area contributed by atoms with E-state index in [1.54, 1.807) is 48.2 Å². The molecular weight excluding hydrogens is 665 g/mol. The number of fused-ring (bicyclic) bond motifs is 9. The Morgan fingerprint density at radius 1 is 0.957 bits per heavy atom. The summed E-state index contributed by atoms with van der Waals surface area (Å²) in [5.74, 6) is -1.56. The number of amides is 3. The van der Waals surface area contributed by atoms with Gasteiger partial charge in [-0.05, 0) is 85.7 Å². The van der Waals surface area contributed by atoms with Crippen LogP contribution in [0, 0.1) is 36.5 Å². The number of carbonyl (C=O) groups is 3. The van der Waals surface area contributed by atoms with E-state index in [-0.39, 0.29) is 58.1 Å². The van der Waals surface area contributed by atoms with Gasteiger partial charge >= 0.3 is 4.87 Å². The molecular formula is C34H27Cl2N3O5S2. The minimum atomic E-state index is -0.460. The fourth-order valence-corrected chi connectivity index (χ4v) is 11.3. The van der Waals surface area contributed by atoms with Crippen LogP contribution in [-0.4, -0.2) is 34.6 Å². The molecule has 2 aliphatic carbocycles. The maximum absolute atomic E-state index is 14.0. The summed E-state index contributed by atoms with van der Waals surface area (Å²) in [5.41, 5.74) is 3.05. The Labute approximate surface area is 282 Å². The highest BCUT2D eigenvalue weighted by Crippen LogP contribution is 2.69. The third kappa shape index (κ3) is 4.80. The number of imide groups is 1. The number of carbonyl (C=O) groups excluding carboxylic acids is 3. The molecule has 12 heteroatoms. The first-order valence-electron chi connectivity index (χ1n) is 15.0. The molecule has 4 aromatic rings. The number of H-pyrrole nitrogens is 1. The Balaban J connectivity index is 1.14. The molecule has 2 bridgehead atoms. The van der Waals surface area contributed by atoms with E-state index in [1.807, 2.05) is 37.3 Å². The van der Waals surface area contributed by atoms with E-state index in [9.17, 15) is 19.2 Å². The summed E-state index contributed by atoms with van der Waals surface area (Å²) in [5, 5.41) is 4.66. The van der Waals surface area contributed by atoms with Crippen molar-refractivity contribution in [2.75, 3.05) is 16.8 Å². The highest BCUT2D eigenvalue weighted by atomic mass is 35.5. The molecule has 3 aromatic carbocycles. The summed E-state index contributed by atoms with van der Waals surface area (Å²) < 4.78 is 6.16. The van der Waals surface area contributed by atoms with Crippen molar-refractivity contribution in [3.05, 3.63) is 102 Å². The zero-order chi connectivity index (χ0) is 31.9. The molecule has 234 valence electrons. The molecule has 8 nitrogen and oxygen atoms in total. The smallest absolute Gasteiger partial charge is 0.305 e. The monoisotopic (exact) mass is 691 g/mol. The molecule has 46 heavy (non-hydrogen) atoms. The van der Waals surface area contributed by atoms with Gasteiger partial charge in [0.2, 0.25) is 11.8 Å². The number of hydrogen-bond acceptors (Lipinski definition) is 7. The van der Waals surface area contributed by atoms with Gasteiger partial charge in [0.05, 0.1) is 22.5 Å². The Morgan fingerprint density at radius 3 is 2.39 bits per heavy atom. The molecule has 2 saturated carbocycles. The fourth-order valence-electron chi connectivity index (χ4n) is 8.08. The second kappa shape index (κ2) is 11.3. The highest BCUT2D eigenvalue weighted by Gasteiger charge is 2.69. The van der Waals surface area contributed by atoms with E-state index in [0.717, 1.165) is 38.8 Å². The van der Waals surface area contributed by atoms with Crippen LogP contribution in [0.5, 0.6) is 5.75 Å². The van der Waals surface area contributed by atoms with Crippen LogP contribution in [0.2, 0.25) is 10.0 Å². The topological polar surface area (TPSA) is 109 Å². The first-order chi connectivity index (χ1) is 22.2. The van der Waals surface area contributed by atoms with Gasteiger partial charge in [0.1, 0.15) is 5.75 Å². The van der Waals surface area contributed by atoms with Gasteiger partial charge in [-0.1, -0.05) is 52.2 Å². The minimum Gasteiger partial charge on any atom is -0.483 e. The predicted octanol–water partition coefficient (Wildman–Crippen LogP) is 6.75. The van der Waals surface area contributed by atoms with Crippen LogP contribution >= 0.6 is 46.3 Å². The van der Waals surface area contributed by atoms with Gasteiger partial charge in [-0.2, -0.15) is 0 Å². The summed E-state index contributed by atoms with van der Waals surface area (Å²) >= 11 is 15.4. The van der Waals surface area contributed by atoms with Crippen LogP contribution in [0.15, 0.2) is 76.6 Å². The van der Waals surface area contributed by atoms with E-state index >= 15 is 0 Å². The fraction of sp³-hybridized carbons (Fsp3) is 0.294. The lowest BCUT2D eigenvalue weighted by atomic mass is 9.68. The van der Waals surface area contributed by atoms with E-state index in [4.69, 9.17) is 27.9 Å². The van der Waals surface area contributed by atoms with E-state index in [0.29, 0.717) is 27.2 Å². The summed E-state index contributed by atoms with van der Waals surface area (Å²) in [6.45, 7) is 1.75. The molecule has 0 radical (unpaired) electrons. The number of aromatic nitrogens is 1. The van der Waals surface area contributed by atoms with Crippen LogP contribution in [-0.2, 0) is 14.4 Å². The molecule has 8 rings (SSSR count). The number of nitrogens with zero attached hydrogens (tertiary/aromatic N) is 1. The van der Waals surface area contributed by atoms with Crippen LogP contribution in [0.3, 0.4) is 0 Å². The quantitative estimate of drug-likeness (QED) is 0.217. The second-order valence-corrected chi connectivity index (χ2v) is 15.4. The first kappa shape index (κ1) is 29.8. The third-order valence-electron chi connectivity index (χ3n) is 9.81. The van der Waals surface area contributed by atoms with Crippen molar-refractivity contribution < 1.29 is 19.1 Å². The first-order valence-corrected chi connectivity index (χ1v) is 17.4. The van der Waals surface area contributed by atoms with Crippen LogP contribution in [0.25, 0.3) is 0 Å². The Kier molecular flexibility index (Phi) is 7.32. The number of aromatic amines is 1. The number of hydrogen-bond donors (Lipinski definition) is 2. The zero-order valence-corrected chi connectivity index (χ0v) is 27.5. The Morgan fingerprint density at radius 2 is 1.65 bits per heavy atom. The van der Waals surface area contributed by atoms with Gasteiger partial charge in [0.25, 0.3) is 5.91 Å². The summed E-state index contributed by atoms with van der Waals surface area (Å²) in [4.78, 5) is 58.6. The molecule has 4 unspecified atom stereocenters. The number of thiazole rings is 1. The second-order valence-electron chi connectivity index (χ2n) is 12.3. The molecule has 2 aliphatic heterocycles. The standard InChI is InChI=1S/C34H27Cl2N3O5S2/c1-15-2-7-18(8-3-15)37-24(40)14-44-23-11-6-17(36)12-20(23)25-26-21-13-22(29(26)45-31-30(25)46-34(43)38-31)28-27(21)32(41)39(33(28)42)19-9-4-16(35)5-10-19/h2-12,21-22,25-29H,13-14H2,1H3,(H,37,40)(H,38,43)/t21-,22-,25-,26?,27?,28?,29?/m1/s1. The zero-order valence-electron chi connectivity index (χ0n) is 24.4. The van der Waals surface area contributed by atoms with Crippen molar-refractivity contribution in [1.29, 1.82) is 0 Å². The SMILES string of the molecule is Cc1ccc(NC(=O)COc2ccc(Cl)cc2[C@H]2c3sc(=O)[nH]c3SC3C2[C@H]2C[C@@H]3C3C(=O)N(c4ccc(Cl)cc4)C(=O)C32)cc1. The predicted molar refractivity (Wildman–Crippen MR) is 179 cm³/mol. The third-order valence-corrected chi connectivity index (χ3v) is 12.9. The highest BCUT2D eigenvalue weighted by molar-refractivity contribution is 8.00. The van der Waals surface area contributed by atoms with Crippen LogP contribution in [0.1, 0.15) is 28.3 Å². The molecule has 3 amide bonds. The van der Waals surface area contributed by atoms with Crippen molar-refractivity contribution in [2.45, 2.75) is 29.5 Å². The molecule has 1 saturated heterocycles. The van der Waals surface area contributed by atoms with Gasteiger partial charge < -0.3 is 15.0 Å². The van der Waals surface area contributed by atoms with E-state index in [2.05, 4.69) is 10.3 Å². The van der Waals surface area contributed by atoms with Crippen molar-refractivity contribution in [1.82, 2.24) is 4.98 Å². The van der Waals surface area contributed by atoms with Gasteiger partial charge in [-0.15, -0.1) is 11.8 Å². The van der Waals surface area contributed by atoms with Crippen molar-refractivity contribution in [3.8, 4) is 5.75 Å². The number of rotatable bonds is 6. The number of ether oxygens (including phenoxy) is 1. The number of thioether (sulfide) groups is 1. The number of nitrogens with one attached hydrogen (secondary N) is 2. The summed E-state index contributed by atoms with van der Waals surface area (Å²) in [6, 6.07) is 19.6. The normalized spacial score (nSPS) is 27.4. The lowest BCUT2D eigenvalue weighted by Crippen LogP contribution is -2.42. The average molecular weight is 693 g/mol. The molecule has 0 spiro atoms. The van der Waals surface area contributed by atoms with Crippen molar-refractivity contribution in [3.63, 3.8) is 0 Å². The Hall–Kier alpha value is -3.57. The maximum atomic E-state index is 14.0. The summed E-state index contributed by atoms with van der Waals surface area (Å²) in [7, 11) is 0. The van der Waals surface area contributed by atoms with Crippen LogP contribution in [0.4, 0.5) is 11.4 Å². The molecule has 7 atom stereocenters. The van der Waals surface area contributed by atoms with Gasteiger partial charge in [0.15, 0.2) is 6.61 Å². The van der Waals surface area contributed by atoms with Crippen molar-refractivity contribution in [2.24, 2.45) is 29.6 Å². The molecule has 1 aromatic heterocycles. The maximum Gasteiger partial charge on any atom is 0.305 e. The van der Waals surface area contributed by atoms with Crippen LogP contribution < -0.4 is 19.8 Å². The van der Waals surface area contributed by atoms with E-state index in [1.165, 1.54) is 4.90 Å². The average Bonchev–Trinajstić information content (AvgIpc) is 3.77. The van der Waals surface area contributed by atoms with Gasteiger partial charge in [0, 0.05) is 37.3 Å². The van der Waals surface area contributed by atoms with Crippen molar-refractivity contribution >= 4 is 75.4 Å². The molecule has 2 N–H and O–H groups in total. The largest absolute Gasteiger partial charge is 0.483 e. The number of anilines is 2. The lowest BCUT2D eigenvalue weighted by Gasteiger charge is -2.43. The number of aryl methyl sites for hydroxylation is 1. The molecule has 4 aliphatic rings. The van der Waals surface area contributed by atoms with Gasteiger partial charge in [-0.25, -0.2) is 0 Å². The van der Waals surface area contributed by atoms with E-state index < -0.39 is 11.8 Å². The minimum absolute atomic E-state index is 0.00687. The Bertz CT molecular complexity index is 1960. The number of halogens is 2. The lowest BCUT2D eigenvalue weighted by molar-refractivity contribution is -0.123.